The molecule has 1 atom stereocenters. The fourth-order valence-electron chi connectivity index (χ4n) is 3.84. The molecule has 2 aliphatic rings. The van der Waals surface area contributed by atoms with Crippen LogP contribution in [0.15, 0.2) is 65.6 Å². The Bertz CT molecular complexity index is 1290. The van der Waals surface area contributed by atoms with Gasteiger partial charge in [0.25, 0.3) is 5.91 Å². The molecule has 0 N–H and O–H groups in total. The molecule has 3 aromatic rings. The zero-order valence-electron chi connectivity index (χ0n) is 16.3. The summed E-state index contributed by atoms with van der Waals surface area (Å²) in [5.41, 5.74) is 3.63. The molecule has 3 aromatic carbocycles. The normalized spacial score (nSPS) is 18.7. The highest BCUT2D eigenvalue weighted by Gasteiger charge is 2.42. The number of thioether (sulfide) groups is 1. The van der Waals surface area contributed by atoms with Crippen molar-refractivity contribution in [3.8, 4) is 11.5 Å². The summed E-state index contributed by atoms with van der Waals surface area (Å²) in [5.74, 6) is 1.36. The molecule has 3 nitrogen and oxygen atoms in total. The van der Waals surface area contributed by atoms with Crippen molar-refractivity contribution in [2.24, 2.45) is 0 Å². The van der Waals surface area contributed by atoms with E-state index in [2.05, 4.69) is 0 Å². The number of fused-ring (bicyclic) bond motifs is 2. The van der Waals surface area contributed by atoms with Crippen molar-refractivity contribution >= 4 is 63.5 Å². The molecule has 0 aliphatic carbocycles. The molecule has 0 unspecified atom stereocenters. The van der Waals surface area contributed by atoms with Crippen molar-refractivity contribution < 1.29 is 9.53 Å². The monoisotopic (exact) mass is 483 g/mol. The van der Waals surface area contributed by atoms with E-state index in [0.29, 0.717) is 19.3 Å². The molecule has 0 saturated carbocycles. The Morgan fingerprint density at radius 3 is 2.61 bits per heavy atom. The lowest BCUT2D eigenvalue weighted by molar-refractivity contribution is -0.123. The first-order valence-electron chi connectivity index (χ1n) is 9.52. The lowest BCUT2D eigenvalue weighted by Crippen LogP contribution is -2.35. The summed E-state index contributed by atoms with van der Waals surface area (Å²) in [6, 6.07) is 18.6. The summed E-state index contributed by atoms with van der Waals surface area (Å²) < 4.78 is 6.69. The van der Waals surface area contributed by atoms with E-state index in [1.165, 1.54) is 11.8 Å². The second kappa shape index (κ2) is 7.99. The first-order chi connectivity index (χ1) is 14.9. The summed E-state index contributed by atoms with van der Waals surface area (Å²) in [7, 11) is 0. The SMILES string of the molecule is Cc1cccc2c1Oc1ccccc1[C@@H]2N1C(=O)/C(=C/c2ccc(Cl)c(Cl)c2)SC1=S. The quantitative estimate of drug-likeness (QED) is 0.280. The Kier molecular flexibility index (Phi) is 5.30. The van der Waals surface area contributed by atoms with Gasteiger partial charge in [0, 0.05) is 11.1 Å². The van der Waals surface area contributed by atoms with Crippen molar-refractivity contribution in [1.29, 1.82) is 0 Å². The number of hydrogen-bond donors (Lipinski definition) is 0. The summed E-state index contributed by atoms with van der Waals surface area (Å²) in [6.07, 6.45) is 1.80. The van der Waals surface area contributed by atoms with E-state index < -0.39 is 0 Å². The number of halogens is 2. The van der Waals surface area contributed by atoms with Crippen LogP contribution in [-0.4, -0.2) is 15.1 Å². The standard InChI is InChI=1S/C24H15Cl2NO2S2/c1-13-5-4-7-16-21(15-6-2-3-8-19(15)29-22(13)16)27-23(28)20(31-24(27)30)12-14-9-10-17(25)18(26)11-14/h2-12,21H,1H3/b20-12-/t21-/m0/s1. The molecule has 0 bridgehead atoms. The number of para-hydroxylation sites is 2. The van der Waals surface area contributed by atoms with E-state index in [0.717, 1.165) is 33.8 Å². The number of amides is 1. The molecule has 2 heterocycles. The number of carbonyl (C=O) groups excluding carboxylic acids is 1. The van der Waals surface area contributed by atoms with Gasteiger partial charge in [-0.1, -0.05) is 89.6 Å². The van der Waals surface area contributed by atoms with Gasteiger partial charge in [-0.15, -0.1) is 0 Å². The van der Waals surface area contributed by atoms with Crippen LogP contribution in [0.2, 0.25) is 10.0 Å². The Hall–Kier alpha value is -2.31. The van der Waals surface area contributed by atoms with Crippen LogP contribution in [0.25, 0.3) is 6.08 Å². The highest BCUT2D eigenvalue weighted by atomic mass is 35.5. The molecule has 1 amide bonds. The van der Waals surface area contributed by atoms with Gasteiger partial charge in [0.1, 0.15) is 15.8 Å². The van der Waals surface area contributed by atoms with Crippen LogP contribution in [0.3, 0.4) is 0 Å². The van der Waals surface area contributed by atoms with E-state index in [1.54, 1.807) is 23.1 Å². The smallest absolute Gasteiger partial charge is 0.267 e. The average molecular weight is 484 g/mol. The fraction of sp³-hybridized carbons (Fsp3) is 0.0833. The van der Waals surface area contributed by atoms with Crippen LogP contribution in [0.5, 0.6) is 11.5 Å². The maximum atomic E-state index is 13.5. The van der Waals surface area contributed by atoms with Crippen LogP contribution < -0.4 is 4.74 Å². The number of ether oxygens (including phenoxy) is 1. The van der Waals surface area contributed by atoms with Crippen molar-refractivity contribution in [3.05, 3.63) is 97.9 Å². The third-order valence-corrected chi connectivity index (χ3v) is 7.36. The van der Waals surface area contributed by atoms with Crippen LogP contribution in [0.4, 0.5) is 0 Å². The predicted octanol–water partition coefficient (Wildman–Crippen LogP) is 7.40. The second-order valence-electron chi connectivity index (χ2n) is 7.26. The van der Waals surface area contributed by atoms with Gasteiger partial charge in [0.05, 0.1) is 21.0 Å². The molecular weight excluding hydrogens is 469 g/mol. The van der Waals surface area contributed by atoms with Gasteiger partial charge in [-0.25, -0.2) is 0 Å². The Morgan fingerprint density at radius 2 is 1.81 bits per heavy atom. The number of aryl methyl sites for hydroxylation is 1. The van der Waals surface area contributed by atoms with Crippen LogP contribution in [0, 0.1) is 6.92 Å². The zero-order valence-corrected chi connectivity index (χ0v) is 19.4. The van der Waals surface area contributed by atoms with E-state index in [4.69, 9.17) is 40.2 Å². The van der Waals surface area contributed by atoms with Crippen molar-refractivity contribution in [1.82, 2.24) is 4.90 Å². The molecule has 1 saturated heterocycles. The maximum absolute atomic E-state index is 13.5. The van der Waals surface area contributed by atoms with E-state index >= 15 is 0 Å². The zero-order chi connectivity index (χ0) is 21.7. The average Bonchev–Trinajstić information content (AvgIpc) is 3.02. The van der Waals surface area contributed by atoms with E-state index in [1.807, 2.05) is 55.5 Å². The van der Waals surface area contributed by atoms with Gasteiger partial charge in [-0.3, -0.25) is 9.69 Å². The lowest BCUT2D eigenvalue weighted by atomic mass is 9.92. The predicted molar refractivity (Wildman–Crippen MR) is 131 cm³/mol. The number of thiocarbonyl (C=S) groups is 1. The lowest BCUT2D eigenvalue weighted by Gasteiger charge is -2.34. The fourth-order valence-corrected chi connectivity index (χ4v) is 5.46. The first kappa shape index (κ1) is 20.6. The van der Waals surface area contributed by atoms with Gasteiger partial charge < -0.3 is 4.74 Å². The highest BCUT2D eigenvalue weighted by molar-refractivity contribution is 8.26. The minimum absolute atomic E-state index is 0.143. The van der Waals surface area contributed by atoms with Crippen LogP contribution >= 0.6 is 47.2 Å². The van der Waals surface area contributed by atoms with Crippen LogP contribution in [0.1, 0.15) is 28.3 Å². The van der Waals surface area contributed by atoms with Gasteiger partial charge >= 0.3 is 0 Å². The molecule has 0 spiro atoms. The molecule has 31 heavy (non-hydrogen) atoms. The molecule has 5 rings (SSSR count). The van der Waals surface area contributed by atoms with Crippen molar-refractivity contribution in [2.75, 3.05) is 0 Å². The van der Waals surface area contributed by atoms with E-state index in [9.17, 15) is 4.79 Å². The summed E-state index contributed by atoms with van der Waals surface area (Å²) in [5, 5.41) is 0.908. The summed E-state index contributed by atoms with van der Waals surface area (Å²) in [4.78, 5) is 15.8. The third-order valence-electron chi connectivity index (χ3n) is 5.29. The van der Waals surface area contributed by atoms with Gasteiger partial charge in [0.15, 0.2) is 0 Å². The Morgan fingerprint density at radius 1 is 1.03 bits per heavy atom. The maximum Gasteiger partial charge on any atom is 0.267 e. The van der Waals surface area contributed by atoms with Crippen LogP contribution in [-0.2, 0) is 4.79 Å². The molecule has 0 radical (unpaired) electrons. The Balaban J connectivity index is 1.60. The summed E-state index contributed by atoms with van der Waals surface area (Å²) in [6.45, 7) is 2.00. The molecule has 2 aliphatic heterocycles. The molecule has 7 heteroatoms. The third kappa shape index (κ3) is 3.56. The number of nitrogens with zero attached hydrogens (tertiary/aromatic N) is 1. The topological polar surface area (TPSA) is 29.5 Å². The minimum Gasteiger partial charge on any atom is -0.456 e. The molecule has 1 fully saturated rings. The van der Waals surface area contributed by atoms with Gasteiger partial charge in [0.2, 0.25) is 0 Å². The van der Waals surface area contributed by atoms with Gasteiger partial charge in [-0.2, -0.15) is 0 Å². The van der Waals surface area contributed by atoms with Crippen molar-refractivity contribution in [2.45, 2.75) is 13.0 Å². The number of carbonyl (C=O) groups is 1. The minimum atomic E-state index is -0.355. The Labute approximate surface area is 199 Å². The second-order valence-corrected chi connectivity index (χ2v) is 9.75. The highest BCUT2D eigenvalue weighted by Crippen LogP contribution is 2.50. The molecular formula is C24H15Cl2NO2S2. The van der Waals surface area contributed by atoms with Gasteiger partial charge in [-0.05, 0) is 42.3 Å². The molecule has 0 aromatic heterocycles. The van der Waals surface area contributed by atoms with Crippen molar-refractivity contribution in [3.63, 3.8) is 0 Å². The number of hydrogen-bond acceptors (Lipinski definition) is 4. The number of benzene rings is 3. The summed E-state index contributed by atoms with van der Waals surface area (Å²) >= 11 is 19.1. The number of rotatable bonds is 2. The molecule has 154 valence electrons. The first-order valence-corrected chi connectivity index (χ1v) is 11.5. The van der Waals surface area contributed by atoms with E-state index in [-0.39, 0.29) is 11.9 Å². The largest absolute Gasteiger partial charge is 0.456 e.